The summed E-state index contributed by atoms with van der Waals surface area (Å²) in [5, 5.41) is 19.7. The van der Waals surface area contributed by atoms with Gasteiger partial charge in [-0.05, 0) is 36.4 Å². The molecule has 2 aromatic rings. The minimum atomic E-state index is 0.0385. The minimum Gasteiger partial charge on any atom is -0.508 e. The van der Waals surface area contributed by atoms with Crippen LogP contribution < -0.4 is 0 Å². The van der Waals surface area contributed by atoms with E-state index in [0.29, 0.717) is 21.3 Å². The SMILES string of the molecule is Oc1ccc(O)c(C=Nc2ccc(Cl)c(Cl)c2)c1. The lowest BCUT2D eigenvalue weighted by atomic mass is 10.2. The number of hydrogen-bond acceptors (Lipinski definition) is 3. The third-order valence-electron chi connectivity index (χ3n) is 2.27. The van der Waals surface area contributed by atoms with Crippen LogP contribution in [0.25, 0.3) is 0 Å². The van der Waals surface area contributed by atoms with Gasteiger partial charge in [-0.1, -0.05) is 23.2 Å². The highest BCUT2D eigenvalue weighted by Crippen LogP contribution is 2.27. The molecule has 0 amide bonds. The Morgan fingerprint density at radius 2 is 1.72 bits per heavy atom. The Balaban J connectivity index is 2.29. The highest BCUT2D eigenvalue weighted by Gasteiger charge is 2.00. The third kappa shape index (κ3) is 2.94. The molecule has 0 aromatic heterocycles. The van der Waals surface area contributed by atoms with E-state index in [2.05, 4.69) is 4.99 Å². The van der Waals surface area contributed by atoms with Crippen molar-refractivity contribution in [3.63, 3.8) is 0 Å². The second-order valence-electron chi connectivity index (χ2n) is 3.60. The van der Waals surface area contributed by atoms with Gasteiger partial charge in [0, 0.05) is 11.8 Å². The summed E-state index contributed by atoms with van der Waals surface area (Å²) in [5.74, 6) is 0.0972. The van der Waals surface area contributed by atoms with Crippen molar-refractivity contribution in [2.75, 3.05) is 0 Å². The van der Waals surface area contributed by atoms with Gasteiger partial charge >= 0.3 is 0 Å². The van der Waals surface area contributed by atoms with Crippen LogP contribution in [0.3, 0.4) is 0 Å². The molecule has 0 heterocycles. The summed E-state index contributed by atoms with van der Waals surface area (Å²) < 4.78 is 0. The van der Waals surface area contributed by atoms with E-state index in [1.54, 1.807) is 18.2 Å². The zero-order valence-corrected chi connectivity index (χ0v) is 10.7. The zero-order valence-electron chi connectivity index (χ0n) is 9.14. The molecule has 0 unspecified atom stereocenters. The topological polar surface area (TPSA) is 52.8 Å². The molecule has 0 saturated heterocycles. The van der Waals surface area contributed by atoms with E-state index in [9.17, 15) is 10.2 Å². The Morgan fingerprint density at radius 1 is 0.944 bits per heavy atom. The Kier molecular flexibility index (Phi) is 3.75. The number of benzene rings is 2. The van der Waals surface area contributed by atoms with Gasteiger partial charge in [-0.15, -0.1) is 0 Å². The molecule has 0 saturated carbocycles. The van der Waals surface area contributed by atoms with Crippen LogP contribution >= 0.6 is 23.2 Å². The fourth-order valence-corrected chi connectivity index (χ4v) is 1.65. The van der Waals surface area contributed by atoms with Gasteiger partial charge in [0.25, 0.3) is 0 Å². The molecule has 0 radical (unpaired) electrons. The fraction of sp³-hybridized carbons (Fsp3) is 0. The van der Waals surface area contributed by atoms with E-state index in [-0.39, 0.29) is 11.5 Å². The van der Waals surface area contributed by atoms with Crippen molar-refractivity contribution in [3.8, 4) is 11.5 Å². The lowest BCUT2D eigenvalue weighted by molar-refractivity contribution is 0.459. The van der Waals surface area contributed by atoms with Gasteiger partial charge in [-0.2, -0.15) is 0 Å². The number of halogens is 2. The van der Waals surface area contributed by atoms with Gasteiger partial charge in [0.15, 0.2) is 0 Å². The monoisotopic (exact) mass is 281 g/mol. The normalized spacial score (nSPS) is 11.0. The Labute approximate surface area is 114 Å². The molecule has 2 aromatic carbocycles. The van der Waals surface area contributed by atoms with Crippen LogP contribution in [-0.2, 0) is 0 Å². The number of phenolic OH excluding ortho intramolecular Hbond substituents is 2. The highest BCUT2D eigenvalue weighted by atomic mass is 35.5. The summed E-state index contributed by atoms with van der Waals surface area (Å²) in [5.41, 5.74) is 1.02. The Morgan fingerprint density at radius 3 is 2.44 bits per heavy atom. The highest BCUT2D eigenvalue weighted by molar-refractivity contribution is 6.42. The third-order valence-corrected chi connectivity index (χ3v) is 3.01. The van der Waals surface area contributed by atoms with Crippen LogP contribution in [0, 0.1) is 0 Å². The average Bonchev–Trinajstić information content (AvgIpc) is 2.34. The maximum absolute atomic E-state index is 9.56. The molecule has 0 fully saturated rings. The first-order valence-electron chi connectivity index (χ1n) is 5.07. The summed E-state index contributed by atoms with van der Waals surface area (Å²) in [7, 11) is 0. The number of phenols is 2. The van der Waals surface area contributed by atoms with Crippen molar-refractivity contribution < 1.29 is 10.2 Å². The molecule has 2 rings (SSSR count). The maximum Gasteiger partial charge on any atom is 0.124 e. The number of nitrogens with zero attached hydrogens (tertiary/aromatic N) is 1. The molecule has 0 bridgehead atoms. The van der Waals surface area contributed by atoms with Crippen molar-refractivity contribution in [1.82, 2.24) is 0 Å². The summed E-state index contributed by atoms with van der Waals surface area (Å²) in [6.07, 6.45) is 1.44. The predicted molar refractivity (Wildman–Crippen MR) is 73.5 cm³/mol. The van der Waals surface area contributed by atoms with Crippen molar-refractivity contribution in [2.45, 2.75) is 0 Å². The van der Waals surface area contributed by atoms with Crippen LogP contribution in [0.5, 0.6) is 11.5 Å². The largest absolute Gasteiger partial charge is 0.508 e. The second-order valence-corrected chi connectivity index (χ2v) is 4.41. The molecule has 18 heavy (non-hydrogen) atoms. The van der Waals surface area contributed by atoms with E-state index in [1.165, 1.54) is 24.4 Å². The summed E-state index contributed by atoms with van der Waals surface area (Å²) in [6.45, 7) is 0. The van der Waals surface area contributed by atoms with Crippen molar-refractivity contribution in [1.29, 1.82) is 0 Å². The van der Waals surface area contributed by atoms with E-state index in [1.807, 2.05) is 0 Å². The van der Waals surface area contributed by atoms with Crippen LogP contribution in [0.4, 0.5) is 5.69 Å². The van der Waals surface area contributed by atoms with Crippen LogP contribution in [0.15, 0.2) is 41.4 Å². The molecule has 0 aliphatic rings. The van der Waals surface area contributed by atoms with E-state index in [4.69, 9.17) is 23.2 Å². The lowest BCUT2D eigenvalue weighted by Crippen LogP contribution is -1.81. The molecule has 0 spiro atoms. The van der Waals surface area contributed by atoms with Crippen LogP contribution in [0.2, 0.25) is 10.0 Å². The molecule has 5 heteroatoms. The first-order valence-corrected chi connectivity index (χ1v) is 5.83. The first-order chi connectivity index (χ1) is 8.56. The molecule has 92 valence electrons. The van der Waals surface area contributed by atoms with Crippen molar-refractivity contribution in [2.24, 2.45) is 4.99 Å². The van der Waals surface area contributed by atoms with E-state index >= 15 is 0 Å². The number of aromatic hydroxyl groups is 2. The molecule has 0 aliphatic carbocycles. The molecule has 0 atom stereocenters. The molecule has 2 N–H and O–H groups in total. The summed E-state index contributed by atoms with van der Waals surface area (Å²) in [4.78, 5) is 4.14. The summed E-state index contributed by atoms with van der Waals surface area (Å²) >= 11 is 11.6. The quantitative estimate of drug-likeness (QED) is 0.642. The van der Waals surface area contributed by atoms with Crippen molar-refractivity contribution in [3.05, 3.63) is 52.0 Å². The Hall–Kier alpha value is -1.71. The number of rotatable bonds is 2. The second kappa shape index (κ2) is 5.29. The first kappa shape index (κ1) is 12.7. The van der Waals surface area contributed by atoms with Crippen molar-refractivity contribution >= 4 is 35.1 Å². The fourth-order valence-electron chi connectivity index (χ4n) is 1.35. The van der Waals surface area contributed by atoms with E-state index < -0.39 is 0 Å². The van der Waals surface area contributed by atoms with Crippen LogP contribution in [0.1, 0.15) is 5.56 Å². The molecule has 3 nitrogen and oxygen atoms in total. The zero-order chi connectivity index (χ0) is 13.1. The van der Waals surface area contributed by atoms with E-state index in [0.717, 1.165) is 0 Å². The van der Waals surface area contributed by atoms with Crippen LogP contribution in [-0.4, -0.2) is 16.4 Å². The maximum atomic E-state index is 9.56. The van der Waals surface area contributed by atoms with Gasteiger partial charge in [0.1, 0.15) is 11.5 Å². The average molecular weight is 282 g/mol. The van der Waals surface area contributed by atoms with Gasteiger partial charge in [-0.3, -0.25) is 4.99 Å². The number of hydrogen-bond donors (Lipinski definition) is 2. The predicted octanol–water partition coefficient (Wildman–Crippen LogP) is 4.16. The van der Waals surface area contributed by atoms with Gasteiger partial charge < -0.3 is 10.2 Å². The lowest BCUT2D eigenvalue weighted by Gasteiger charge is -2.00. The molecule has 0 aliphatic heterocycles. The standard InChI is InChI=1S/C13H9Cl2NO2/c14-11-3-1-9(6-12(11)15)16-7-8-5-10(17)2-4-13(8)18/h1-7,17-18H. The van der Waals surface area contributed by atoms with Gasteiger partial charge in [-0.25, -0.2) is 0 Å². The molecular weight excluding hydrogens is 273 g/mol. The smallest absolute Gasteiger partial charge is 0.124 e. The number of aliphatic imine (C=N–C) groups is 1. The van der Waals surface area contributed by atoms with Gasteiger partial charge in [0.05, 0.1) is 15.7 Å². The summed E-state index contributed by atoms with van der Waals surface area (Å²) in [6, 6.07) is 9.15. The minimum absolute atomic E-state index is 0.0385. The molecular formula is C13H9Cl2NO2. The van der Waals surface area contributed by atoms with Gasteiger partial charge in [0.2, 0.25) is 0 Å². The Bertz CT molecular complexity index is 612.